The Kier molecular flexibility index (Phi) is 3.10. The first-order valence-electron chi connectivity index (χ1n) is 4.96. The Labute approximate surface area is 95.5 Å². The Bertz CT molecular complexity index is 487. The lowest BCUT2D eigenvalue weighted by Crippen LogP contribution is -2.15. The van der Waals surface area contributed by atoms with Crippen molar-refractivity contribution >= 4 is 0 Å². The first-order chi connectivity index (χ1) is 8.13. The summed E-state index contributed by atoms with van der Waals surface area (Å²) in [7, 11) is 0. The molecule has 0 aliphatic carbocycles. The summed E-state index contributed by atoms with van der Waals surface area (Å²) in [5.74, 6) is -2.80. The third-order valence-corrected chi connectivity index (χ3v) is 2.31. The van der Waals surface area contributed by atoms with Gasteiger partial charge in [0.05, 0.1) is 0 Å². The number of benzene rings is 1. The fourth-order valence-corrected chi connectivity index (χ4v) is 1.45. The molecule has 0 saturated carbocycles. The number of rotatable bonds is 4. The highest BCUT2D eigenvalue weighted by Crippen LogP contribution is 2.32. The molecule has 2 rings (SSSR count). The van der Waals surface area contributed by atoms with Gasteiger partial charge in [-0.1, -0.05) is 18.2 Å². The molecule has 7 heteroatoms. The number of nitrogens with one attached hydrogen (secondary N) is 1. The Morgan fingerprint density at radius 1 is 1.35 bits per heavy atom. The van der Waals surface area contributed by atoms with Gasteiger partial charge in [-0.15, -0.1) is 10.2 Å². The third kappa shape index (κ3) is 2.44. The number of aromatic nitrogens is 4. The lowest BCUT2D eigenvalue weighted by atomic mass is 10.0. The van der Waals surface area contributed by atoms with Crippen LogP contribution in [0.3, 0.4) is 0 Å². The Morgan fingerprint density at radius 2 is 2.18 bits per heavy atom. The Balaban J connectivity index is 2.35. The summed E-state index contributed by atoms with van der Waals surface area (Å²) in [5, 5.41) is 21.6. The molecule has 0 amide bonds. The molecule has 17 heavy (non-hydrogen) atoms. The number of halogens is 2. The van der Waals surface area contributed by atoms with Gasteiger partial charge in [-0.25, -0.2) is 8.78 Å². The summed E-state index contributed by atoms with van der Waals surface area (Å²) in [6.45, 7) is -0.570. The van der Waals surface area contributed by atoms with Gasteiger partial charge < -0.3 is 5.11 Å². The van der Waals surface area contributed by atoms with Gasteiger partial charge in [0.25, 0.3) is 5.92 Å². The van der Waals surface area contributed by atoms with E-state index in [1.54, 1.807) is 6.07 Å². The molecule has 0 bridgehead atoms. The standard InChI is InChI=1S/C10H10F2N4O/c11-10(12,4-5-17)8-3-1-2-7(6-8)9-13-15-16-14-9/h1-3,6,17H,4-5H2,(H,13,14,15,16). The number of tetrazole rings is 1. The maximum atomic E-state index is 13.6. The van der Waals surface area contributed by atoms with Gasteiger partial charge in [0, 0.05) is 24.2 Å². The second-order valence-electron chi connectivity index (χ2n) is 3.49. The highest BCUT2D eigenvalue weighted by atomic mass is 19.3. The first-order valence-corrected chi connectivity index (χ1v) is 4.96. The number of nitrogens with zero attached hydrogens (tertiary/aromatic N) is 3. The zero-order chi connectivity index (χ0) is 12.3. The van der Waals surface area contributed by atoms with Crippen LogP contribution in [-0.2, 0) is 5.92 Å². The summed E-state index contributed by atoms with van der Waals surface area (Å²) in [4.78, 5) is 0. The molecule has 1 aromatic heterocycles. The van der Waals surface area contributed by atoms with Crippen LogP contribution in [0.15, 0.2) is 24.3 Å². The van der Waals surface area contributed by atoms with Gasteiger partial charge in [0.2, 0.25) is 5.82 Å². The van der Waals surface area contributed by atoms with Crippen molar-refractivity contribution < 1.29 is 13.9 Å². The van der Waals surface area contributed by atoms with Crippen molar-refractivity contribution in [1.29, 1.82) is 0 Å². The summed E-state index contributed by atoms with van der Waals surface area (Å²) < 4.78 is 27.1. The van der Waals surface area contributed by atoms with Crippen LogP contribution in [0, 0.1) is 0 Å². The molecule has 0 unspecified atom stereocenters. The van der Waals surface area contributed by atoms with Gasteiger partial charge in [0.15, 0.2) is 0 Å². The first kappa shape index (κ1) is 11.6. The van der Waals surface area contributed by atoms with E-state index in [0.29, 0.717) is 5.56 Å². The number of aromatic amines is 1. The molecule has 0 saturated heterocycles. The monoisotopic (exact) mass is 240 g/mol. The highest BCUT2D eigenvalue weighted by Gasteiger charge is 2.31. The molecule has 1 heterocycles. The van der Waals surface area contributed by atoms with Crippen molar-refractivity contribution in [3.8, 4) is 11.4 Å². The molecule has 2 aromatic rings. The zero-order valence-corrected chi connectivity index (χ0v) is 8.77. The van der Waals surface area contributed by atoms with E-state index in [0.717, 1.165) is 0 Å². The molecule has 2 N–H and O–H groups in total. The fraction of sp³-hybridized carbons (Fsp3) is 0.300. The van der Waals surface area contributed by atoms with E-state index in [-0.39, 0.29) is 11.4 Å². The lowest BCUT2D eigenvalue weighted by Gasteiger charge is -2.15. The molecule has 0 spiro atoms. The number of hydrogen-bond acceptors (Lipinski definition) is 4. The average molecular weight is 240 g/mol. The van der Waals surface area contributed by atoms with Crippen molar-refractivity contribution in [2.45, 2.75) is 12.3 Å². The summed E-state index contributed by atoms with van der Waals surface area (Å²) >= 11 is 0. The lowest BCUT2D eigenvalue weighted by molar-refractivity contribution is -0.0269. The predicted molar refractivity (Wildman–Crippen MR) is 55.2 cm³/mol. The molecule has 90 valence electrons. The smallest absolute Gasteiger partial charge is 0.275 e. The van der Waals surface area contributed by atoms with Crippen molar-refractivity contribution in [2.75, 3.05) is 6.61 Å². The van der Waals surface area contributed by atoms with Crippen LogP contribution < -0.4 is 0 Å². The van der Waals surface area contributed by atoms with E-state index < -0.39 is 19.0 Å². The van der Waals surface area contributed by atoms with Gasteiger partial charge >= 0.3 is 0 Å². The Morgan fingerprint density at radius 3 is 2.82 bits per heavy atom. The predicted octanol–water partition coefficient (Wildman–Crippen LogP) is 1.34. The SMILES string of the molecule is OCCC(F)(F)c1cccc(-c2nn[nH]n2)c1. The molecule has 0 atom stereocenters. The largest absolute Gasteiger partial charge is 0.396 e. The summed E-state index contributed by atoms with van der Waals surface area (Å²) in [5.41, 5.74) is 0.280. The molecule has 5 nitrogen and oxygen atoms in total. The second-order valence-corrected chi connectivity index (χ2v) is 3.49. The zero-order valence-electron chi connectivity index (χ0n) is 8.77. The number of aliphatic hydroxyl groups excluding tert-OH is 1. The second kappa shape index (κ2) is 4.54. The highest BCUT2D eigenvalue weighted by molar-refractivity contribution is 5.55. The van der Waals surface area contributed by atoms with Crippen molar-refractivity contribution in [3.05, 3.63) is 29.8 Å². The molecule has 0 fully saturated rings. The molecular formula is C10H10F2N4O. The van der Waals surface area contributed by atoms with E-state index in [1.165, 1.54) is 18.2 Å². The van der Waals surface area contributed by atoms with Gasteiger partial charge in [-0.2, -0.15) is 5.21 Å². The number of hydrogen-bond donors (Lipinski definition) is 2. The number of alkyl halides is 2. The van der Waals surface area contributed by atoms with E-state index in [1.807, 2.05) is 0 Å². The van der Waals surface area contributed by atoms with Crippen LogP contribution in [0.2, 0.25) is 0 Å². The quantitative estimate of drug-likeness (QED) is 0.845. The average Bonchev–Trinajstić information content (AvgIpc) is 2.82. The van der Waals surface area contributed by atoms with Crippen LogP contribution in [0.1, 0.15) is 12.0 Å². The molecular weight excluding hydrogens is 230 g/mol. The van der Waals surface area contributed by atoms with Crippen molar-refractivity contribution in [2.24, 2.45) is 0 Å². The minimum atomic E-state index is -3.06. The normalized spacial score (nSPS) is 11.7. The minimum Gasteiger partial charge on any atom is -0.396 e. The molecule has 0 aliphatic heterocycles. The number of aliphatic hydroxyl groups is 1. The summed E-state index contributed by atoms with van der Waals surface area (Å²) in [6, 6.07) is 5.70. The van der Waals surface area contributed by atoms with Crippen LogP contribution in [-0.4, -0.2) is 32.3 Å². The Hall–Kier alpha value is -1.89. The maximum absolute atomic E-state index is 13.6. The van der Waals surface area contributed by atoms with E-state index >= 15 is 0 Å². The molecule has 0 radical (unpaired) electrons. The summed E-state index contributed by atoms with van der Waals surface area (Å²) in [6.07, 6.45) is -0.608. The van der Waals surface area contributed by atoms with Gasteiger partial charge in [-0.05, 0) is 11.3 Å². The van der Waals surface area contributed by atoms with Crippen LogP contribution in [0.5, 0.6) is 0 Å². The van der Waals surface area contributed by atoms with E-state index in [4.69, 9.17) is 5.11 Å². The van der Waals surface area contributed by atoms with Crippen LogP contribution in [0.25, 0.3) is 11.4 Å². The van der Waals surface area contributed by atoms with Crippen molar-refractivity contribution in [3.63, 3.8) is 0 Å². The van der Waals surface area contributed by atoms with Gasteiger partial charge in [0.1, 0.15) is 0 Å². The fourth-order valence-electron chi connectivity index (χ4n) is 1.45. The minimum absolute atomic E-state index is 0.172. The van der Waals surface area contributed by atoms with Gasteiger partial charge in [-0.3, -0.25) is 0 Å². The van der Waals surface area contributed by atoms with Crippen LogP contribution >= 0.6 is 0 Å². The molecule has 0 aliphatic rings. The van der Waals surface area contributed by atoms with E-state index in [2.05, 4.69) is 20.6 Å². The van der Waals surface area contributed by atoms with Crippen LogP contribution in [0.4, 0.5) is 8.78 Å². The number of H-pyrrole nitrogens is 1. The van der Waals surface area contributed by atoms with E-state index in [9.17, 15) is 8.78 Å². The molecule has 1 aromatic carbocycles. The third-order valence-electron chi connectivity index (χ3n) is 2.31. The topological polar surface area (TPSA) is 74.7 Å². The van der Waals surface area contributed by atoms with Crippen molar-refractivity contribution in [1.82, 2.24) is 20.6 Å². The maximum Gasteiger partial charge on any atom is 0.275 e.